The highest BCUT2D eigenvalue weighted by atomic mass is 35.5. The zero-order chi connectivity index (χ0) is 30.0. The van der Waals surface area contributed by atoms with Gasteiger partial charge in [0.05, 0.1) is 32.9 Å². The second kappa shape index (κ2) is 12.9. The first-order chi connectivity index (χ1) is 20.9. The Balaban J connectivity index is 1.36. The van der Waals surface area contributed by atoms with E-state index in [0.29, 0.717) is 42.7 Å². The van der Waals surface area contributed by atoms with Gasteiger partial charge in [-0.15, -0.1) is 11.8 Å². The first-order valence-corrected chi connectivity index (χ1v) is 18.3. The molecule has 1 fully saturated rings. The number of nitrogens with zero attached hydrogens (tertiary/aromatic N) is 4. The summed E-state index contributed by atoms with van der Waals surface area (Å²) in [5.41, 5.74) is 2.42. The van der Waals surface area contributed by atoms with Crippen LogP contribution in [0.15, 0.2) is 81.5 Å². The van der Waals surface area contributed by atoms with Gasteiger partial charge in [0.15, 0.2) is 5.13 Å². The van der Waals surface area contributed by atoms with Crippen molar-refractivity contribution in [2.24, 2.45) is 0 Å². The van der Waals surface area contributed by atoms with Crippen LogP contribution in [-0.2, 0) is 9.84 Å². The quantitative estimate of drug-likeness (QED) is 0.117. The number of benzene rings is 3. The maximum Gasteiger partial charge on any atom is 0.210 e. The van der Waals surface area contributed by atoms with Gasteiger partial charge >= 0.3 is 0 Å². The summed E-state index contributed by atoms with van der Waals surface area (Å²) >= 11 is 9.49. The second-order valence-electron chi connectivity index (χ2n) is 10.5. The number of unbranched alkanes of at least 4 members (excludes halogenated alkanes) is 1. The van der Waals surface area contributed by atoms with Crippen molar-refractivity contribution in [2.75, 3.05) is 48.8 Å². The van der Waals surface area contributed by atoms with Crippen LogP contribution in [0.5, 0.6) is 5.75 Å². The first kappa shape index (κ1) is 30.0. The van der Waals surface area contributed by atoms with Crippen LogP contribution in [0, 0.1) is 0 Å². The molecular weight excluding hydrogens is 620 g/mol. The van der Waals surface area contributed by atoms with E-state index in [2.05, 4.69) is 27.8 Å². The SMILES string of the molecule is CCCCOc1ccc(S(=O)(=O)c2cnc3ccc(SC)cc3c2N2CCCN(c3nc4ccc(Cl)cc4s3)CC2)cc1. The molecule has 1 aliphatic rings. The molecule has 5 aromatic rings. The van der Waals surface area contributed by atoms with Gasteiger partial charge in [-0.3, -0.25) is 4.98 Å². The molecule has 224 valence electrons. The van der Waals surface area contributed by atoms with Gasteiger partial charge in [0, 0.05) is 47.7 Å². The number of rotatable bonds is 9. The molecule has 0 bridgehead atoms. The molecule has 0 spiro atoms. The van der Waals surface area contributed by atoms with Gasteiger partial charge in [0.1, 0.15) is 10.6 Å². The normalized spacial score (nSPS) is 14.4. The number of sulfone groups is 1. The van der Waals surface area contributed by atoms with E-state index in [1.54, 1.807) is 47.4 Å². The Morgan fingerprint density at radius 1 is 0.977 bits per heavy atom. The highest BCUT2D eigenvalue weighted by molar-refractivity contribution is 7.98. The zero-order valence-corrected chi connectivity index (χ0v) is 27.3. The third kappa shape index (κ3) is 6.29. The van der Waals surface area contributed by atoms with Crippen molar-refractivity contribution >= 4 is 76.5 Å². The molecule has 11 heteroatoms. The van der Waals surface area contributed by atoms with Crippen LogP contribution in [0.3, 0.4) is 0 Å². The number of thioether (sulfide) groups is 1. The lowest BCUT2D eigenvalue weighted by atomic mass is 10.1. The first-order valence-electron chi connectivity index (χ1n) is 14.4. The van der Waals surface area contributed by atoms with Gasteiger partial charge in [0.25, 0.3) is 0 Å². The Bertz CT molecular complexity index is 1860. The monoisotopic (exact) mass is 652 g/mol. The fourth-order valence-corrected chi connectivity index (χ4v) is 8.49. The molecule has 0 unspecified atom stereocenters. The number of fused-ring (bicyclic) bond motifs is 2. The fourth-order valence-electron chi connectivity index (χ4n) is 5.32. The van der Waals surface area contributed by atoms with Gasteiger partial charge in [0.2, 0.25) is 9.84 Å². The van der Waals surface area contributed by atoms with Crippen LogP contribution in [-0.4, -0.2) is 57.4 Å². The smallest absolute Gasteiger partial charge is 0.210 e. The Morgan fingerprint density at radius 3 is 2.53 bits per heavy atom. The predicted octanol–water partition coefficient (Wildman–Crippen LogP) is 7.95. The lowest BCUT2D eigenvalue weighted by Gasteiger charge is -2.27. The van der Waals surface area contributed by atoms with Gasteiger partial charge < -0.3 is 14.5 Å². The lowest BCUT2D eigenvalue weighted by molar-refractivity contribution is 0.309. The molecule has 7 nitrogen and oxygen atoms in total. The van der Waals surface area contributed by atoms with Crippen molar-refractivity contribution in [2.45, 2.75) is 40.9 Å². The summed E-state index contributed by atoms with van der Waals surface area (Å²) < 4.78 is 35.3. The molecule has 1 aliphatic heterocycles. The number of thiazole rings is 1. The Hall–Kier alpha value is -3.05. The minimum atomic E-state index is -3.87. The van der Waals surface area contributed by atoms with E-state index in [1.807, 2.05) is 36.6 Å². The molecule has 0 atom stereocenters. The molecule has 2 aromatic heterocycles. The van der Waals surface area contributed by atoms with E-state index >= 15 is 0 Å². The van der Waals surface area contributed by atoms with Crippen molar-refractivity contribution in [3.63, 3.8) is 0 Å². The largest absolute Gasteiger partial charge is 0.494 e. The number of aromatic nitrogens is 2. The summed E-state index contributed by atoms with van der Waals surface area (Å²) in [5.74, 6) is 0.665. The van der Waals surface area contributed by atoms with Crippen LogP contribution < -0.4 is 14.5 Å². The van der Waals surface area contributed by atoms with Crippen LogP contribution in [0.25, 0.3) is 21.1 Å². The molecular formula is C32H33ClN4O3S3. The second-order valence-corrected chi connectivity index (χ2v) is 14.7. The fraction of sp³-hybridized carbons (Fsp3) is 0.312. The Labute approximate surface area is 265 Å². The molecule has 0 amide bonds. The van der Waals surface area contributed by atoms with E-state index < -0.39 is 9.84 Å². The van der Waals surface area contributed by atoms with Crippen molar-refractivity contribution < 1.29 is 13.2 Å². The van der Waals surface area contributed by atoms with Crippen LogP contribution >= 0.6 is 34.7 Å². The summed E-state index contributed by atoms with van der Waals surface area (Å²) in [6, 6.07) is 18.6. The van der Waals surface area contributed by atoms with Gasteiger partial charge in [-0.2, -0.15) is 0 Å². The molecule has 0 aliphatic carbocycles. The van der Waals surface area contributed by atoms with E-state index in [9.17, 15) is 8.42 Å². The maximum absolute atomic E-state index is 14.2. The van der Waals surface area contributed by atoms with Crippen LogP contribution in [0.2, 0.25) is 5.02 Å². The summed E-state index contributed by atoms with van der Waals surface area (Å²) in [6.07, 6.45) is 6.38. The number of ether oxygens (including phenoxy) is 1. The molecule has 0 saturated carbocycles. The van der Waals surface area contributed by atoms with Crippen molar-refractivity contribution in [3.8, 4) is 5.75 Å². The third-order valence-electron chi connectivity index (χ3n) is 7.63. The van der Waals surface area contributed by atoms with E-state index in [-0.39, 0.29) is 9.79 Å². The van der Waals surface area contributed by atoms with Crippen LogP contribution in [0.4, 0.5) is 10.8 Å². The molecule has 3 aromatic carbocycles. The number of pyridine rings is 1. The minimum Gasteiger partial charge on any atom is -0.494 e. The number of anilines is 2. The summed E-state index contributed by atoms with van der Waals surface area (Å²) in [6.45, 7) is 5.60. The number of hydrogen-bond donors (Lipinski definition) is 0. The highest BCUT2D eigenvalue weighted by Gasteiger charge is 2.29. The highest BCUT2D eigenvalue weighted by Crippen LogP contribution is 2.39. The van der Waals surface area contributed by atoms with E-state index in [0.717, 1.165) is 57.0 Å². The predicted molar refractivity (Wildman–Crippen MR) is 179 cm³/mol. The minimum absolute atomic E-state index is 0.223. The third-order valence-corrected chi connectivity index (χ3v) is 11.4. The van der Waals surface area contributed by atoms with E-state index in [1.165, 1.54) is 6.20 Å². The van der Waals surface area contributed by atoms with Crippen LogP contribution in [0.1, 0.15) is 26.2 Å². The molecule has 43 heavy (non-hydrogen) atoms. The van der Waals surface area contributed by atoms with Crippen molar-refractivity contribution in [3.05, 3.63) is 71.9 Å². The maximum atomic E-state index is 14.2. The summed E-state index contributed by atoms with van der Waals surface area (Å²) in [5, 5.41) is 2.50. The summed E-state index contributed by atoms with van der Waals surface area (Å²) in [4.78, 5) is 15.5. The van der Waals surface area contributed by atoms with Crippen molar-refractivity contribution in [1.82, 2.24) is 9.97 Å². The number of halogens is 1. The molecule has 6 rings (SSSR count). The van der Waals surface area contributed by atoms with Gasteiger partial charge in [-0.1, -0.05) is 36.3 Å². The summed E-state index contributed by atoms with van der Waals surface area (Å²) in [7, 11) is -3.87. The molecule has 1 saturated heterocycles. The van der Waals surface area contributed by atoms with Crippen molar-refractivity contribution in [1.29, 1.82) is 0 Å². The average Bonchev–Trinajstić information content (AvgIpc) is 3.28. The topological polar surface area (TPSA) is 75.6 Å². The average molecular weight is 653 g/mol. The zero-order valence-electron chi connectivity index (χ0n) is 24.1. The Morgan fingerprint density at radius 2 is 1.74 bits per heavy atom. The molecule has 0 radical (unpaired) electrons. The van der Waals surface area contributed by atoms with E-state index in [4.69, 9.17) is 21.3 Å². The molecule has 0 N–H and O–H groups in total. The molecule has 3 heterocycles. The number of hydrogen-bond acceptors (Lipinski definition) is 9. The lowest BCUT2D eigenvalue weighted by Crippen LogP contribution is -2.31. The van der Waals surface area contributed by atoms with Gasteiger partial charge in [-0.25, -0.2) is 13.4 Å². The Kier molecular flexibility index (Phi) is 9.00. The standard InChI is InChI=1S/C32H33ClN4O3S3/c1-3-4-18-40-23-7-10-25(11-8-23)43(38,39)30-21-34-27-13-9-24(41-2)20-26(27)31(30)36-14-5-15-37(17-16-36)32-35-28-12-6-22(33)19-29(28)42-32/h6-13,19-21H,3-5,14-18H2,1-2H3. The van der Waals surface area contributed by atoms with Gasteiger partial charge in [-0.05, 0) is 79.8 Å².